The minimum atomic E-state index is -3.34. The Morgan fingerprint density at radius 1 is 0.920 bits per heavy atom. The molecule has 0 aliphatic heterocycles. The zero-order chi connectivity index (χ0) is 19.1. The summed E-state index contributed by atoms with van der Waals surface area (Å²) < 4.78 is 23.8. The van der Waals surface area contributed by atoms with Crippen molar-refractivity contribution in [2.45, 2.75) is 79.1 Å². The molecule has 3 N–H and O–H groups in total. The molecule has 25 heavy (non-hydrogen) atoms. The summed E-state index contributed by atoms with van der Waals surface area (Å²) in [4.78, 5) is 0. The molecule has 0 fully saturated rings. The third-order valence-corrected chi connectivity index (χ3v) is 5.77. The van der Waals surface area contributed by atoms with Crippen LogP contribution in [0.5, 0.6) is 0 Å². The van der Waals surface area contributed by atoms with E-state index < -0.39 is 7.60 Å². The van der Waals surface area contributed by atoms with Crippen LogP contribution in [-0.4, -0.2) is 30.4 Å². The highest BCUT2D eigenvalue weighted by molar-refractivity contribution is 7.54. The SMILES string of the molecule is CC(C)CCCCCOP(=O)(CC(N)=NO)OCCCCCC(C)C. The number of hydrogen-bond donors (Lipinski definition) is 2. The maximum atomic E-state index is 12.7. The maximum Gasteiger partial charge on any atom is 0.338 e. The third-order valence-electron chi connectivity index (χ3n) is 3.91. The van der Waals surface area contributed by atoms with Crippen LogP contribution in [0, 0.1) is 11.8 Å². The first-order valence-electron chi connectivity index (χ1n) is 9.63. The lowest BCUT2D eigenvalue weighted by Gasteiger charge is -2.18. The number of rotatable bonds is 16. The molecule has 0 unspecified atom stereocenters. The van der Waals surface area contributed by atoms with Gasteiger partial charge in [0.1, 0.15) is 6.16 Å². The van der Waals surface area contributed by atoms with Gasteiger partial charge in [-0.05, 0) is 24.7 Å². The Bertz CT molecular complexity index is 377. The van der Waals surface area contributed by atoms with Crippen molar-refractivity contribution in [2.75, 3.05) is 19.4 Å². The first-order chi connectivity index (χ1) is 11.8. The average Bonchev–Trinajstić information content (AvgIpc) is 2.53. The molecule has 0 aliphatic rings. The molecule has 6 nitrogen and oxygen atoms in total. The van der Waals surface area contributed by atoms with Gasteiger partial charge in [0.25, 0.3) is 0 Å². The predicted molar refractivity (Wildman–Crippen MR) is 104 cm³/mol. The molecule has 0 aromatic heterocycles. The van der Waals surface area contributed by atoms with E-state index in [9.17, 15) is 4.57 Å². The van der Waals surface area contributed by atoms with Crippen LogP contribution in [0.2, 0.25) is 0 Å². The summed E-state index contributed by atoms with van der Waals surface area (Å²) in [5.41, 5.74) is 5.50. The van der Waals surface area contributed by atoms with E-state index in [1.54, 1.807) is 0 Å². The van der Waals surface area contributed by atoms with Crippen molar-refractivity contribution in [1.82, 2.24) is 0 Å². The zero-order valence-electron chi connectivity index (χ0n) is 16.6. The summed E-state index contributed by atoms with van der Waals surface area (Å²) in [7, 11) is -3.34. The lowest BCUT2D eigenvalue weighted by molar-refractivity contribution is 0.199. The van der Waals surface area contributed by atoms with Gasteiger partial charge in [-0.2, -0.15) is 0 Å². The van der Waals surface area contributed by atoms with E-state index in [0.29, 0.717) is 25.0 Å². The van der Waals surface area contributed by atoms with Crippen LogP contribution < -0.4 is 5.73 Å². The molecule has 0 amide bonds. The Hall–Kier alpha value is -0.580. The quantitative estimate of drug-likeness (QED) is 0.0937. The first-order valence-corrected chi connectivity index (χ1v) is 11.4. The minimum Gasteiger partial charge on any atom is -0.409 e. The van der Waals surface area contributed by atoms with E-state index in [0.717, 1.165) is 38.5 Å². The van der Waals surface area contributed by atoms with E-state index in [4.69, 9.17) is 20.0 Å². The van der Waals surface area contributed by atoms with Crippen LogP contribution in [0.1, 0.15) is 79.1 Å². The van der Waals surface area contributed by atoms with Gasteiger partial charge >= 0.3 is 7.60 Å². The van der Waals surface area contributed by atoms with E-state index in [2.05, 4.69) is 32.9 Å². The Labute approximate surface area is 154 Å². The minimum absolute atomic E-state index is 0.122. The largest absolute Gasteiger partial charge is 0.409 e. The maximum absolute atomic E-state index is 12.7. The molecule has 0 heterocycles. The standard InChI is InChI=1S/C18H39N2O4P/c1-16(2)11-7-5-9-13-23-25(22,15-18(19)20-21)24-14-10-6-8-12-17(3)4/h16-17,21H,5-15H2,1-4H3,(H2,19,20). The molecular formula is C18H39N2O4P. The molecule has 150 valence electrons. The zero-order valence-corrected chi connectivity index (χ0v) is 17.5. The summed E-state index contributed by atoms with van der Waals surface area (Å²) in [6.45, 7) is 9.57. The molecule has 0 bridgehead atoms. The second kappa shape index (κ2) is 14.6. The highest BCUT2D eigenvalue weighted by Crippen LogP contribution is 2.48. The fourth-order valence-corrected chi connectivity index (χ4v) is 3.96. The second-order valence-electron chi connectivity index (χ2n) is 7.51. The lowest BCUT2D eigenvalue weighted by atomic mass is 10.1. The van der Waals surface area contributed by atoms with Gasteiger partial charge in [0.2, 0.25) is 0 Å². The monoisotopic (exact) mass is 378 g/mol. The topological polar surface area (TPSA) is 94.1 Å². The van der Waals surface area contributed by atoms with Crippen molar-refractivity contribution >= 4 is 13.4 Å². The van der Waals surface area contributed by atoms with E-state index in [1.807, 2.05) is 0 Å². The molecule has 0 saturated carbocycles. The summed E-state index contributed by atoms with van der Waals surface area (Å²) >= 11 is 0. The Morgan fingerprint density at radius 3 is 1.72 bits per heavy atom. The van der Waals surface area contributed by atoms with Crippen LogP contribution in [0.25, 0.3) is 0 Å². The lowest BCUT2D eigenvalue weighted by Crippen LogP contribution is -2.19. The molecule has 0 aliphatic carbocycles. The Kier molecular flexibility index (Phi) is 14.2. The van der Waals surface area contributed by atoms with Crippen molar-refractivity contribution in [3.05, 3.63) is 0 Å². The molecule has 0 atom stereocenters. The number of nitrogens with zero attached hydrogens (tertiary/aromatic N) is 1. The smallest absolute Gasteiger partial charge is 0.338 e. The van der Waals surface area contributed by atoms with Gasteiger partial charge in [0, 0.05) is 0 Å². The molecule has 7 heteroatoms. The predicted octanol–water partition coefficient (Wildman–Crippen LogP) is 5.39. The Balaban J connectivity index is 4.14. The number of unbranched alkanes of at least 4 members (excludes halogenated alkanes) is 4. The van der Waals surface area contributed by atoms with Crippen molar-refractivity contribution in [1.29, 1.82) is 0 Å². The van der Waals surface area contributed by atoms with Crippen LogP contribution in [0.3, 0.4) is 0 Å². The van der Waals surface area contributed by atoms with Gasteiger partial charge in [-0.25, -0.2) is 0 Å². The second-order valence-corrected chi connectivity index (χ2v) is 9.57. The molecule has 0 radical (unpaired) electrons. The molecule has 0 aromatic carbocycles. The third kappa shape index (κ3) is 15.4. The molecule has 0 spiro atoms. The fraction of sp³-hybridized carbons (Fsp3) is 0.944. The fourth-order valence-electron chi connectivity index (χ4n) is 2.43. The Morgan fingerprint density at radius 2 is 1.36 bits per heavy atom. The average molecular weight is 378 g/mol. The number of oxime groups is 1. The molecular weight excluding hydrogens is 339 g/mol. The molecule has 0 rings (SSSR count). The first kappa shape index (κ1) is 24.4. The molecule has 0 aromatic rings. The van der Waals surface area contributed by atoms with Gasteiger partial charge in [0.15, 0.2) is 5.84 Å². The summed E-state index contributed by atoms with van der Waals surface area (Å²) in [5, 5.41) is 11.6. The van der Waals surface area contributed by atoms with Crippen LogP contribution in [0.15, 0.2) is 5.16 Å². The van der Waals surface area contributed by atoms with E-state index in [1.165, 1.54) is 12.8 Å². The van der Waals surface area contributed by atoms with Crippen LogP contribution in [-0.2, 0) is 13.6 Å². The van der Waals surface area contributed by atoms with Crippen LogP contribution >= 0.6 is 7.60 Å². The van der Waals surface area contributed by atoms with Crippen molar-refractivity contribution in [2.24, 2.45) is 22.7 Å². The van der Waals surface area contributed by atoms with Gasteiger partial charge in [-0.15, -0.1) is 0 Å². The summed E-state index contributed by atoms with van der Waals surface area (Å²) in [5.74, 6) is 1.28. The number of nitrogens with two attached hydrogens (primary N) is 1. The van der Waals surface area contributed by atoms with Crippen LogP contribution in [0.4, 0.5) is 0 Å². The summed E-state index contributed by atoms with van der Waals surface area (Å²) in [6, 6.07) is 0. The van der Waals surface area contributed by atoms with Gasteiger partial charge in [-0.1, -0.05) is 71.4 Å². The van der Waals surface area contributed by atoms with Gasteiger partial charge in [-0.3, -0.25) is 4.57 Å². The molecule has 0 saturated heterocycles. The van der Waals surface area contributed by atoms with Crippen molar-refractivity contribution in [3.63, 3.8) is 0 Å². The number of amidine groups is 1. The van der Waals surface area contributed by atoms with Crippen molar-refractivity contribution < 1.29 is 18.8 Å². The highest BCUT2D eigenvalue weighted by Gasteiger charge is 2.26. The summed E-state index contributed by atoms with van der Waals surface area (Å²) in [6.07, 6.45) is 8.25. The normalized spacial score (nSPS) is 13.1. The highest BCUT2D eigenvalue weighted by atomic mass is 31.2. The van der Waals surface area contributed by atoms with Crippen molar-refractivity contribution in [3.8, 4) is 0 Å². The number of hydrogen-bond acceptors (Lipinski definition) is 5. The van der Waals surface area contributed by atoms with Gasteiger partial charge < -0.3 is 20.0 Å². The van der Waals surface area contributed by atoms with E-state index >= 15 is 0 Å². The van der Waals surface area contributed by atoms with Gasteiger partial charge in [0.05, 0.1) is 13.2 Å². The van der Waals surface area contributed by atoms with E-state index in [-0.39, 0.29) is 12.0 Å².